The van der Waals surface area contributed by atoms with Crippen LogP contribution >= 0.6 is 0 Å². The molecule has 2 heterocycles. The number of aliphatic hydroxyl groups is 1. The number of ether oxygens (including phenoxy) is 1. The molecule has 1 N–H and O–H groups in total. The largest absolute Gasteiger partial charge is 0.484 e. The summed E-state index contributed by atoms with van der Waals surface area (Å²) in [7, 11) is 0. The van der Waals surface area contributed by atoms with E-state index in [9.17, 15) is 14.7 Å². The predicted molar refractivity (Wildman–Crippen MR) is 137 cm³/mol. The predicted octanol–water partition coefficient (Wildman–Crippen LogP) is 4.95. The third kappa shape index (κ3) is 4.11. The Labute approximate surface area is 210 Å². The van der Waals surface area contributed by atoms with Crippen molar-refractivity contribution in [3.63, 3.8) is 0 Å². The Bertz CT molecular complexity index is 1330. The lowest BCUT2D eigenvalue weighted by Gasteiger charge is -2.52. The van der Waals surface area contributed by atoms with Gasteiger partial charge < -0.3 is 19.2 Å². The monoisotopic (exact) mass is 487 g/mol. The van der Waals surface area contributed by atoms with Gasteiger partial charge in [0.2, 0.25) is 0 Å². The molecule has 0 radical (unpaired) electrons. The molecule has 0 bridgehead atoms. The number of piperidine rings is 1. The summed E-state index contributed by atoms with van der Waals surface area (Å²) in [6, 6.07) is 15.4. The quantitative estimate of drug-likeness (QED) is 0.527. The second kappa shape index (κ2) is 9.40. The van der Waals surface area contributed by atoms with E-state index in [1.807, 2.05) is 35.2 Å². The average molecular weight is 488 g/mol. The Kier molecular flexibility index (Phi) is 6.08. The van der Waals surface area contributed by atoms with E-state index in [1.165, 1.54) is 0 Å². The van der Waals surface area contributed by atoms with Crippen LogP contribution in [-0.2, 0) is 17.6 Å². The van der Waals surface area contributed by atoms with Crippen molar-refractivity contribution in [2.24, 2.45) is 5.92 Å². The lowest BCUT2D eigenvalue weighted by Crippen LogP contribution is -2.56. The van der Waals surface area contributed by atoms with E-state index in [-0.39, 0.29) is 30.1 Å². The molecule has 6 heteroatoms. The summed E-state index contributed by atoms with van der Waals surface area (Å²) in [4.78, 5) is 27.9. The fourth-order valence-corrected chi connectivity index (χ4v) is 6.77. The first-order valence-electron chi connectivity index (χ1n) is 13.3. The van der Waals surface area contributed by atoms with Gasteiger partial charge in [-0.15, -0.1) is 0 Å². The molecular formula is C30H33NO5. The standard InChI is InChI=1S/C30H33NO5/c32-27(19-35-21-13-14-23-22-10-4-5-11-24(22)29(33)36-26(23)18-21)31-17-16-30(34)15-7-6-12-25(30)28(31)20-8-2-1-3-9-20/h1-3,8-9,13-14,18,25,28,34H,4-7,10-12,15-17,19H2/t25-,28-,30+/m0/s1. The third-order valence-corrected chi connectivity index (χ3v) is 8.59. The van der Waals surface area contributed by atoms with Crippen molar-refractivity contribution in [3.05, 3.63) is 75.6 Å². The maximum Gasteiger partial charge on any atom is 0.339 e. The van der Waals surface area contributed by atoms with E-state index >= 15 is 0 Å². The van der Waals surface area contributed by atoms with E-state index in [2.05, 4.69) is 12.1 Å². The Balaban J connectivity index is 1.23. The summed E-state index contributed by atoms with van der Waals surface area (Å²) < 4.78 is 11.6. The van der Waals surface area contributed by atoms with Crippen LogP contribution in [-0.4, -0.2) is 34.7 Å². The summed E-state index contributed by atoms with van der Waals surface area (Å²) in [5.41, 5.74) is 2.49. The number of hydrogen-bond donors (Lipinski definition) is 1. The van der Waals surface area contributed by atoms with Gasteiger partial charge in [0.1, 0.15) is 11.3 Å². The molecule has 1 aliphatic heterocycles. The molecular weight excluding hydrogens is 454 g/mol. The molecule has 1 aromatic heterocycles. The van der Waals surface area contributed by atoms with Gasteiger partial charge in [0.25, 0.3) is 5.91 Å². The molecule has 0 spiro atoms. The van der Waals surface area contributed by atoms with Crippen LogP contribution in [0.4, 0.5) is 0 Å². The number of rotatable bonds is 4. The molecule has 3 atom stereocenters. The number of benzene rings is 2. The van der Waals surface area contributed by atoms with Crippen molar-refractivity contribution in [1.29, 1.82) is 0 Å². The first-order chi connectivity index (χ1) is 17.5. The highest BCUT2D eigenvalue weighted by Crippen LogP contribution is 2.49. The van der Waals surface area contributed by atoms with E-state index < -0.39 is 5.60 Å². The zero-order chi connectivity index (χ0) is 24.7. The van der Waals surface area contributed by atoms with Crippen LogP contribution in [0.1, 0.15) is 67.7 Å². The molecule has 3 aromatic rings. The molecule has 188 valence electrons. The van der Waals surface area contributed by atoms with Gasteiger partial charge in [-0.3, -0.25) is 4.79 Å². The minimum atomic E-state index is -0.717. The van der Waals surface area contributed by atoms with Gasteiger partial charge in [-0.25, -0.2) is 4.79 Å². The van der Waals surface area contributed by atoms with Crippen molar-refractivity contribution < 1.29 is 19.1 Å². The van der Waals surface area contributed by atoms with Gasteiger partial charge >= 0.3 is 5.63 Å². The number of carbonyl (C=O) groups is 1. The molecule has 2 aromatic carbocycles. The van der Waals surface area contributed by atoms with Crippen molar-refractivity contribution >= 4 is 16.9 Å². The zero-order valence-corrected chi connectivity index (χ0v) is 20.6. The number of nitrogens with zero attached hydrogens (tertiary/aromatic N) is 1. The molecule has 1 saturated carbocycles. The molecule has 0 unspecified atom stereocenters. The smallest absolute Gasteiger partial charge is 0.339 e. The van der Waals surface area contributed by atoms with E-state index in [4.69, 9.17) is 9.15 Å². The Morgan fingerprint density at radius 2 is 1.83 bits per heavy atom. The van der Waals surface area contributed by atoms with Crippen LogP contribution in [0.15, 0.2) is 57.7 Å². The maximum atomic E-state index is 13.5. The van der Waals surface area contributed by atoms with Gasteiger partial charge in [0.05, 0.1) is 11.6 Å². The highest BCUT2D eigenvalue weighted by atomic mass is 16.5. The SMILES string of the molecule is O=C(COc1ccc2c3c(c(=O)oc2c1)CCCC3)N1CC[C@]2(O)CCCC[C@H]2[C@@H]1c1ccccc1. The van der Waals surface area contributed by atoms with Gasteiger partial charge in [0, 0.05) is 29.5 Å². The van der Waals surface area contributed by atoms with Gasteiger partial charge in [0.15, 0.2) is 6.61 Å². The Hall–Kier alpha value is -3.12. The third-order valence-electron chi connectivity index (χ3n) is 8.59. The van der Waals surface area contributed by atoms with Crippen LogP contribution in [0.25, 0.3) is 11.0 Å². The molecule has 1 amide bonds. The van der Waals surface area contributed by atoms with Crippen molar-refractivity contribution in [2.45, 2.75) is 69.4 Å². The lowest BCUT2D eigenvalue weighted by molar-refractivity contribution is -0.157. The minimum Gasteiger partial charge on any atom is -0.484 e. The first-order valence-corrected chi connectivity index (χ1v) is 13.3. The number of likely N-dealkylation sites (tertiary alicyclic amines) is 1. The average Bonchev–Trinajstić information content (AvgIpc) is 2.91. The van der Waals surface area contributed by atoms with Crippen LogP contribution in [0.2, 0.25) is 0 Å². The number of fused-ring (bicyclic) bond motifs is 4. The van der Waals surface area contributed by atoms with E-state index in [0.717, 1.165) is 73.4 Å². The minimum absolute atomic E-state index is 0.0208. The van der Waals surface area contributed by atoms with E-state index in [1.54, 1.807) is 6.07 Å². The first kappa shape index (κ1) is 23.3. The molecule has 6 nitrogen and oxygen atoms in total. The van der Waals surface area contributed by atoms with Crippen LogP contribution in [0.3, 0.4) is 0 Å². The molecule has 2 fully saturated rings. The fraction of sp³-hybridized carbons (Fsp3) is 0.467. The summed E-state index contributed by atoms with van der Waals surface area (Å²) in [6.07, 6.45) is 8.17. The summed E-state index contributed by atoms with van der Waals surface area (Å²) in [5, 5.41) is 12.4. The number of amides is 1. The maximum absolute atomic E-state index is 13.5. The second-order valence-electron chi connectivity index (χ2n) is 10.6. The van der Waals surface area contributed by atoms with E-state index in [0.29, 0.717) is 24.3 Å². The molecule has 1 saturated heterocycles. The van der Waals surface area contributed by atoms with Crippen molar-refractivity contribution in [2.75, 3.05) is 13.2 Å². The molecule has 36 heavy (non-hydrogen) atoms. The number of aryl methyl sites for hydroxylation is 1. The Morgan fingerprint density at radius 3 is 2.67 bits per heavy atom. The summed E-state index contributed by atoms with van der Waals surface area (Å²) in [6.45, 7) is 0.405. The molecule has 3 aliphatic rings. The van der Waals surface area contributed by atoms with Gasteiger partial charge in [-0.05, 0) is 68.2 Å². The Morgan fingerprint density at radius 1 is 1.03 bits per heavy atom. The molecule has 2 aliphatic carbocycles. The lowest BCUT2D eigenvalue weighted by atomic mass is 9.66. The summed E-state index contributed by atoms with van der Waals surface area (Å²) in [5.74, 6) is 0.438. The highest BCUT2D eigenvalue weighted by molar-refractivity contribution is 5.83. The molecule has 6 rings (SSSR count). The number of hydrogen-bond acceptors (Lipinski definition) is 5. The van der Waals surface area contributed by atoms with Gasteiger partial charge in [-0.1, -0.05) is 43.2 Å². The second-order valence-corrected chi connectivity index (χ2v) is 10.6. The van der Waals surface area contributed by atoms with Gasteiger partial charge in [-0.2, -0.15) is 0 Å². The topological polar surface area (TPSA) is 80.0 Å². The fourth-order valence-electron chi connectivity index (χ4n) is 6.77. The normalized spacial score (nSPS) is 25.8. The van der Waals surface area contributed by atoms with Crippen molar-refractivity contribution in [3.8, 4) is 5.75 Å². The number of carbonyl (C=O) groups excluding carboxylic acids is 1. The summed E-state index contributed by atoms with van der Waals surface area (Å²) >= 11 is 0. The zero-order valence-electron chi connectivity index (χ0n) is 20.6. The van der Waals surface area contributed by atoms with Crippen molar-refractivity contribution in [1.82, 2.24) is 4.90 Å². The van der Waals surface area contributed by atoms with Crippen LogP contribution < -0.4 is 10.4 Å². The van der Waals surface area contributed by atoms with Crippen LogP contribution in [0, 0.1) is 5.92 Å². The van der Waals surface area contributed by atoms with Crippen LogP contribution in [0.5, 0.6) is 5.75 Å². The highest BCUT2D eigenvalue weighted by Gasteiger charge is 2.50.